The van der Waals surface area contributed by atoms with Crippen molar-refractivity contribution in [3.63, 3.8) is 0 Å². The number of nitrogens with zero attached hydrogens (tertiary/aromatic N) is 2. The van der Waals surface area contributed by atoms with Crippen molar-refractivity contribution in [1.29, 1.82) is 0 Å². The van der Waals surface area contributed by atoms with Crippen molar-refractivity contribution in [1.82, 2.24) is 10.2 Å². The van der Waals surface area contributed by atoms with Gasteiger partial charge in [0.15, 0.2) is 0 Å². The van der Waals surface area contributed by atoms with E-state index < -0.39 is 0 Å². The first-order valence-electron chi connectivity index (χ1n) is 7.54. The van der Waals surface area contributed by atoms with Crippen molar-refractivity contribution in [2.24, 2.45) is 0 Å². The van der Waals surface area contributed by atoms with Crippen molar-refractivity contribution < 1.29 is 0 Å². The van der Waals surface area contributed by atoms with E-state index in [1.807, 2.05) is 7.05 Å². The maximum atomic E-state index is 6.41. The molecule has 1 saturated heterocycles. The quantitative estimate of drug-likeness (QED) is 0.921. The third-order valence-corrected chi connectivity index (χ3v) is 4.46. The number of hydrogen-bond acceptors (Lipinski definition) is 3. The van der Waals surface area contributed by atoms with Gasteiger partial charge in [-0.3, -0.25) is 0 Å². The molecule has 3 nitrogen and oxygen atoms in total. The lowest BCUT2D eigenvalue weighted by Gasteiger charge is -2.32. The van der Waals surface area contributed by atoms with Crippen LogP contribution >= 0.6 is 11.6 Å². The number of anilines is 1. The lowest BCUT2D eigenvalue weighted by molar-refractivity contribution is 0.328. The lowest BCUT2D eigenvalue weighted by Crippen LogP contribution is -2.39. The maximum Gasteiger partial charge on any atom is 0.0471 e. The third kappa shape index (κ3) is 3.66. The second-order valence-corrected chi connectivity index (χ2v) is 6.08. The summed E-state index contributed by atoms with van der Waals surface area (Å²) < 4.78 is 0. The van der Waals surface area contributed by atoms with E-state index in [4.69, 9.17) is 11.6 Å². The molecule has 0 aliphatic carbocycles. The van der Waals surface area contributed by atoms with Gasteiger partial charge >= 0.3 is 0 Å². The molecule has 1 fully saturated rings. The summed E-state index contributed by atoms with van der Waals surface area (Å²) in [5, 5.41) is 4.02. The molecular formula is C16H26ClN3. The van der Waals surface area contributed by atoms with E-state index in [0.29, 0.717) is 6.04 Å². The number of benzene rings is 1. The third-order valence-electron chi connectivity index (χ3n) is 4.11. The van der Waals surface area contributed by atoms with E-state index in [-0.39, 0.29) is 0 Å². The van der Waals surface area contributed by atoms with Crippen LogP contribution in [0.5, 0.6) is 0 Å². The molecule has 0 bridgehead atoms. The Bertz CT molecular complexity index is 436. The summed E-state index contributed by atoms with van der Waals surface area (Å²) in [4.78, 5) is 4.96. The molecule has 112 valence electrons. The second kappa shape index (κ2) is 7.30. The highest BCUT2D eigenvalue weighted by Crippen LogP contribution is 2.27. The van der Waals surface area contributed by atoms with Crippen LogP contribution < -0.4 is 10.2 Å². The molecule has 4 heteroatoms. The summed E-state index contributed by atoms with van der Waals surface area (Å²) in [5.41, 5.74) is 2.43. The van der Waals surface area contributed by atoms with Crippen LogP contribution in [0.15, 0.2) is 18.2 Å². The molecule has 0 amide bonds. The Morgan fingerprint density at radius 1 is 1.35 bits per heavy atom. The van der Waals surface area contributed by atoms with Gasteiger partial charge in [-0.05, 0) is 51.2 Å². The first-order valence-corrected chi connectivity index (χ1v) is 7.91. The minimum Gasteiger partial charge on any atom is -0.367 e. The molecular weight excluding hydrogens is 270 g/mol. The van der Waals surface area contributed by atoms with Gasteiger partial charge in [-0.25, -0.2) is 0 Å². The highest BCUT2D eigenvalue weighted by Gasteiger charge is 2.22. The van der Waals surface area contributed by atoms with Crippen LogP contribution in [-0.2, 0) is 6.54 Å². The van der Waals surface area contributed by atoms with Gasteiger partial charge in [0.2, 0.25) is 0 Å². The normalized spacial score (nSPS) is 21.0. The first kappa shape index (κ1) is 15.6. The predicted octanol–water partition coefficient (Wildman–Crippen LogP) is 2.98. The van der Waals surface area contributed by atoms with Crippen LogP contribution in [0, 0.1) is 0 Å². The van der Waals surface area contributed by atoms with Gasteiger partial charge < -0.3 is 15.1 Å². The van der Waals surface area contributed by atoms with E-state index in [9.17, 15) is 0 Å². The summed E-state index contributed by atoms with van der Waals surface area (Å²) in [7, 11) is 4.16. The van der Waals surface area contributed by atoms with Crippen molar-refractivity contribution in [2.75, 3.05) is 38.6 Å². The fraction of sp³-hybridized carbons (Fsp3) is 0.625. The number of halogens is 1. The summed E-state index contributed by atoms with van der Waals surface area (Å²) in [5.74, 6) is 0. The largest absolute Gasteiger partial charge is 0.367 e. The van der Waals surface area contributed by atoms with E-state index in [0.717, 1.165) is 30.2 Å². The van der Waals surface area contributed by atoms with Crippen molar-refractivity contribution >= 4 is 17.3 Å². The van der Waals surface area contributed by atoms with Gasteiger partial charge in [-0.2, -0.15) is 0 Å². The Kier molecular flexibility index (Phi) is 5.70. The number of nitrogens with one attached hydrogen (secondary N) is 1. The van der Waals surface area contributed by atoms with Crippen LogP contribution in [0.25, 0.3) is 0 Å². The van der Waals surface area contributed by atoms with Crippen LogP contribution in [0.1, 0.15) is 25.3 Å². The summed E-state index contributed by atoms with van der Waals surface area (Å²) in [6.45, 7) is 6.52. The zero-order valence-corrected chi connectivity index (χ0v) is 13.6. The Labute approximate surface area is 127 Å². The molecule has 1 aromatic carbocycles. The first-order chi connectivity index (χ1) is 9.65. The fourth-order valence-corrected chi connectivity index (χ4v) is 3.22. The molecule has 0 aromatic heterocycles. The van der Waals surface area contributed by atoms with Crippen LogP contribution in [0.3, 0.4) is 0 Å². The Morgan fingerprint density at radius 2 is 2.15 bits per heavy atom. The molecule has 1 N–H and O–H groups in total. The molecule has 0 spiro atoms. The molecule has 2 rings (SSSR count). The average Bonchev–Trinajstić information content (AvgIpc) is 2.62. The monoisotopic (exact) mass is 295 g/mol. The van der Waals surface area contributed by atoms with E-state index in [1.54, 1.807) is 0 Å². The van der Waals surface area contributed by atoms with E-state index in [1.165, 1.54) is 25.1 Å². The molecule has 1 aromatic rings. The smallest absolute Gasteiger partial charge is 0.0471 e. The van der Waals surface area contributed by atoms with Gasteiger partial charge in [-0.15, -0.1) is 0 Å². The zero-order chi connectivity index (χ0) is 14.5. The van der Waals surface area contributed by atoms with Gasteiger partial charge in [0.05, 0.1) is 0 Å². The molecule has 1 aliphatic rings. The average molecular weight is 296 g/mol. The SMILES string of the molecule is CCC1CN(C)CCCN1c1ccc(CNC)c(Cl)c1. The standard InChI is InChI=1S/C16H26ClN3/c1-4-14-12-19(3)8-5-9-20(14)15-7-6-13(11-18-2)16(17)10-15/h6-7,10,14,18H,4-5,8-9,11-12H2,1-3H3. The lowest BCUT2D eigenvalue weighted by atomic mass is 10.1. The van der Waals surface area contributed by atoms with Crippen LogP contribution in [-0.4, -0.2) is 44.7 Å². The molecule has 0 radical (unpaired) electrons. The molecule has 0 saturated carbocycles. The number of hydrogen-bond donors (Lipinski definition) is 1. The van der Waals surface area contributed by atoms with Crippen molar-refractivity contribution in [3.05, 3.63) is 28.8 Å². The summed E-state index contributed by atoms with van der Waals surface area (Å²) in [6.07, 6.45) is 2.38. The van der Waals surface area contributed by atoms with E-state index in [2.05, 4.69) is 47.3 Å². The topological polar surface area (TPSA) is 18.5 Å². The van der Waals surface area contributed by atoms with Crippen molar-refractivity contribution in [2.45, 2.75) is 32.4 Å². The number of rotatable bonds is 4. The van der Waals surface area contributed by atoms with Gasteiger partial charge in [0.25, 0.3) is 0 Å². The highest BCUT2D eigenvalue weighted by molar-refractivity contribution is 6.31. The maximum absolute atomic E-state index is 6.41. The molecule has 1 aliphatic heterocycles. The van der Waals surface area contributed by atoms with Crippen LogP contribution in [0.4, 0.5) is 5.69 Å². The minimum absolute atomic E-state index is 0.578. The van der Waals surface area contributed by atoms with Gasteiger partial charge in [-0.1, -0.05) is 24.6 Å². The van der Waals surface area contributed by atoms with Gasteiger partial charge in [0, 0.05) is 36.4 Å². The fourth-order valence-electron chi connectivity index (χ4n) is 2.98. The van der Waals surface area contributed by atoms with Crippen molar-refractivity contribution in [3.8, 4) is 0 Å². The number of likely N-dealkylation sites (N-methyl/N-ethyl adjacent to an activating group) is 1. The summed E-state index contributed by atoms with van der Waals surface area (Å²) >= 11 is 6.41. The molecule has 1 heterocycles. The molecule has 1 unspecified atom stereocenters. The van der Waals surface area contributed by atoms with Gasteiger partial charge in [0.1, 0.15) is 0 Å². The second-order valence-electron chi connectivity index (χ2n) is 5.68. The minimum atomic E-state index is 0.578. The van der Waals surface area contributed by atoms with E-state index >= 15 is 0 Å². The Morgan fingerprint density at radius 3 is 2.80 bits per heavy atom. The highest BCUT2D eigenvalue weighted by atomic mass is 35.5. The molecule has 20 heavy (non-hydrogen) atoms. The predicted molar refractivity (Wildman–Crippen MR) is 87.8 cm³/mol. The Hall–Kier alpha value is -0.770. The Balaban J connectivity index is 2.21. The van der Waals surface area contributed by atoms with Crippen LogP contribution in [0.2, 0.25) is 5.02 Å². The summed E-state index contributed by atoms with van der Waals surface area (Å²) in [6, 6.07) is 7.07. The zero-order valence-electron chi connectivity index (χ0n) is 12.8. The molecule has 1 atom stereocenters.